The summed E-state index contributed by atoms with van der Waals surface area (Å²) >= 11 is 3.46. The van der Waals surface area contributed by atoms with Gasteiger partial charge in [0.25, 0.3) is 0 Å². The van der Waals surface area contributed by atoms with Gasteiger partial charge in [-0.05, 0) is 27.2 Å². The monoisotopic (exact) mass is 292 g/mol. The van der Waals surface area contributed by atoms with Gasteiger partial charge in [0.2, 0.25) is 0 Å². The van der Waals surface area contributed by atoms with Crippen LogP contribution >= 0.6 is 15.9 Å². The lowest BCUT2D eigenvalue weighted by molar-refractivity contribution is -0.159. The lowest BCUT2D eigenvalue weighted by Crippen LogP contribution is -2.41. The van der Waals surface area contributed by atoms with Gasteiger partial charge in [0.05, 0.1) is 13.4 Å². The summed E-state index contributed by atoms with van der Waals surface area (Å²) in [6.45, 7) is 7.62. The lowest BCUT2D eigenvalue weighted by Gasteiger charge is -2.33. The van der Waals surface area contributed by atoms with Crippen molar-refractivity contribution >= 4 is 21.9 Å². The fraction of sp³-hybridized carbons (Fsp3) is 0.750. The maximum Gasteiger partial charge on any atom is 0.315 e. The maximum atomic E-state index is 11.8. The molecule has 0 aliphatic heterocycles. The van der Waals surface area contributed by atoms with Crippen molar-refractivity contribution in [1.82, 2.24) is 0 Å². The van der Waals surface area contributed by atoms with E-state index in [-0.39, 0.29) is 16.9 Å². The van der Waals surface area contributed by atoms with Crippen molar-refractivity contribution < 1.29 is 14.3 Å². The zero-order valence-corrected chi connectivity index (χ0v) is 12.2. The molecule has 0 N–H and O–H groups in total. The summed E-state index contributed by atoms with van der Waals surface area (Å²) in [5, 5.41) is 0. The molecule has 0 aromatic rings. The smallest absolute Gasteiger partial charge is 0.315 e. The van der Waals surface area contributed by atoms with Gasteiger partial charge in [-0.15, -0.1) is 0 Å². The largest absolute Gasteiger partial charge is 0.497 e. The minimum absolute atomic E-state index is 0.226. The minimum atomic E-state index is -0.642. The Morgan fingerprint density at radius 2 is 2.06 bits per heavy atom. The Kier molecular flexibility index (Phi) is 6.72. The molecule has 0 aliphatic rings. The van der Waals surface area contributed by atoms with Crippen molar-refractivity contribution in [3.05, 3.63) is 12.3 Å². The van der Waals surface area contributed by atoms with Gasteiger partial charge < -0.3 is 9.47 Å². The van der Waals surface area contributed by atoms with Crippen LogP contribution in [0.5, 0.6) is 0 Å². The van der Waals surface area contributed by atoms with Gasteiger partial charge >= 0.3 is 5.97 Å². The third-order valence-corrected chi connectivity index (χ3v) is 3.00. The highest BCUT2D eigenvalue weighted by Gasteiger charge is 2.42. The van der Waals surface area contributed by atoms with E-state index < -0.39 is 5.41 Å². The van der Waals surface area contributed by atoms with Crippen LogP contribution in [-0.4, -0.2) is 24.0 Å². The Hall–Kier alpha value is -0.510. The number of rotatable bonds is 6. The first-order valence-electron chi connectivity index (χ1n) is 5.37. The van der Waals surface area contributed by atoms with Crippen LogP contribution in [0.25, 0.3) is 0 Å². The average molecular weight is 293 g/mol. The maximum absolute atomic E-state index is 11.8. The molecule has 0 heterocycles. The normalized spacial score (nSPS) is 18.9. The molecule has 0 amide bonds. The summed E-state index contributed by atoms with van der Waals surface area (Å²) in [7, 11) is 1.40. The molecule has 0 spiro atoms. The predicted molar refractivity (Wildman–Crippen MR) is 68.5 cm³/mol. The van der Waals surface area contributed by atoms with Crippen molar-refractivity contribution in [1.29, 1.82) is 0 Å². The fourth-order valence-electron chi connectivity index (χ4n) is 1.58. The molecule has 0 saturated heterocycles. The van der Waals surface area contributed by atoms with Crippen LogP contribution in [0.15, 0.2) is 12.3 Å². The van der Waals surface area contributed by atoms with Crippen LogP contribution in [0.1, 0.15) is 34.1 Å². The topological polar surface area (TPSA) is 35.5 Å². The van der Waals surface area contributed by atoms with E-state index in [2.05, 4.69) is 15.9 Å². The molecule has 0 radical (unpaired) electrons. The molecule has 3 nitrogen and oxygen atoms in total. The van der Waals surface area contributed by atoms with Gasteiger partial charge in [-0.2, -0.15) is 0 Å². The van der Waals surface area contributed by atoms with E-state index in [4.69, 9.17) is 9.47 Å². The van der Waals surface area contributed by atoms with Gasteiger partial charge in [0.1, 0.15) is 11.5 Å². The summed E-state index contributed by atoms with van der Waals surface area (Å²) in [5.74, 6) is -0.240. The predicted octanol–water partition coefficient (Wildman–Crippen LogP) is 3.28. The Labute approximate surface area is 106 Å². The molecule has 0 fully saturated rings. The van der Waals surface area contributed by atoms with Crippen LogP contribution in [0.3, 0.4) is 0 Å². The molecular weight excluding hydrogens is 272 g/mol. The molecule has 0 aromatic heterocycles. The summed E-state index contributed by atoms with van der Waals surface area (Å²) in [4.78, 5) is 12.1. The number of carbonyl (C=O) groups excluding carboxylic acids is 1. The quantitative estimate of drug-likeness (QED) is 0.428. The number of carbonyl (C=O) groups is 1. The molecule has 0 aromatic carbocycles. The average Bonchev–Trinajstić information content (AvgIpc) is 2.23. The number of ether oxygens (including phenoxy) is 2. The molecule has 1 unspecified atom stereocenters. The molecule has 16 heavy (non-hydrogen) atoms. The van der Waals surface area contributed by atoms with Crippen LogP contribution in [0, 0.1) is 5.41 Å². The second kappa shape index (κ2) is 6.94. The summed E-state index contributed by atoms with van der Waals surface area (Å²) < 4.78 is 10.3. The second-order valence-corrected chi connectivity index (χ2v) is 5.70. The number of alkyl halides is 1. The number of hydrogen-bond donors (Lipinski definition) is 0. The Morgan fingerprint density at radius 1 is 1.50 bits per heavy atom. The zero-order valence-electron chi connectivity index (χ0n) is 10.6. The van der Waals surface area contributed by atoms with Gasteiger partial charge in [-0.3, -0.25) is 4.79 Å². The summed E-state index contributed by atoms with van der Waals surface area (Å²) in [5.41, 5.74) is -0.642. The fourth-order valence-corrected chi connectivity index (χ4v) is 2.25. The third-order valence-electron chi connectivity index (χ3n) is 2.67. The van der Waals surface area contributed by atoms with Gasteiger partial charge in [-0.1, -0.05) is 28.9 Å². The number of esters is 1. The molecular formula is C12H21BrO3. The Balaban J connectivity index is 4.83. The first-order valence-corrected chi connectivity index (χ1v) is 6.29. The Bertz CT molecular complexity index is 251. The third kappa shape index (κ3) is 4.16. The van der Waals surface area contributed by atoms with Crippen LogP contribution in [-0.2, 0) is 14.3 Å². The Morgan fingerprint density at radius 3 is 2.44 bits per heavy atom. The van der Waals surface area contributed by atoms with Crippen molar-refractivity contribution in [2.75, 3.05) is 7.11 Å². The number of halogens is 1. The van der Waals surface area contributed by atoms with E-state index in [9.17, 15) is 4.79 Å². The number of hydrogen-bond acceptors (Lipinski definition) is 3. The SMILES string of the molecule is C/C=C/O[C@@H](C)[C@@](C)(CC(C)Br)C(=O)OC. The van der Waals surface area contributed by atoms with Crippen LogP contribution in [0.4, 0.5) is 0 Å². The number of allylic oxidation sites excluding steroid dienone is 1. The van der Waals surface area contributed by atoms with Crippen molar-refractivity contribution in [2.45, 2.75) is 45.0 Å². The minimum Gasteiger partial charge on any atom is -0.497 e. The van der Waals surface area contributed by atoms with E-state index in [1.54, 1.807) is 12.3 Å². The van der Waals surface area contributed by atoms with E-state index in [1.165, 1.54) is 7.11 Å². The first kappa shape index (κ1) is 15.5. The summed E-state index contributed by atoms with van der Waals surface area (Å²) in [6.07, 6.45) is 3.84. The van der Waals surface area contributed by atoms with Crippen molar-refractivity contribution in [3.63, 3.8) is 0 Å². The van der Waals surface area contributed by atoms with Gasteiger partial charge in [0, 0.05) is 4.83 Å². The van der Waals surface area contributed by atoms with E-state index in [1.807, 2.05) is 27.7 Å². The lowest BCUT2D eigenvalue weighted by atomic mass is 9.80. The summed E-state index contributed by atoms with van der Waals surface area (Å²) in [6, 6.07) is 0. The van der Waals surface area contributed by atoms with Crippen LogP contribution < -0.4 is 0 Å². The number of methoxy groups -OCH3 is 1. The van der Waals surface area contributed by atoms with Gasteiger partial charge in [-0.25, -0.2) is 0 Å². The molecule has 4 heteroatoms. The van der Waals surface area contributed by atoms with E-state index >= 15 is 0 Å². The van der Waals surface area contributed by atoms with Crippen LogP contribution in [0.2, 0.25) is 0 Å². The molecule has 0 bridgehead atoms. The van der Waals surface area contributed by atoms with Crippen molar-refractivity contribution in [2.24, 2.45) is 5.41 Å². The molecule has 3 atom stereocenters. The molecule has 94 valence electrons. The highest BCUT2D eigenvalue weighted by Crippen LogP contribution is 2.33. The highest BCUT2D eigenvalue weighted by molar-refractivity contribution is 9.09. The molecule has 0 rings (SSSR count). The molecule has 0 saturated carbocycles. The highest BCUT2D eigenvalue weighted by atomic mass is 79.9. The standard InChI is InChI=1S/C12H21BrO3/c1-6-7-16-10(3)12(4,8-9(2)13)11(14)15-5/h6-7,9-10H,8H2,1-5H3/b7-6+/t9?,10-,12+/m0/s1. The first-order chi connectivity index (χ1) is 7.38. The zero-order chi connectivity index (χ0) is 12.8. The van der Waals surface area contributed by atoms with E-state index in [0.29, 0.717) is 6.42 Å². The van der Waals surface area contributed by atoms with Crippen molar-refractivity contribution in [3.8, 4) is 0 Å². The second-order valence-electron chi connectivity index (χ2n) is 4.14. The van der Waals surface area contributed by atoms with Gasteiger partial charge in [0.15, 0.2) is 0 Å². The van der Waals surface area contributed by atoms with E-state index in [0.717, 1.165) is 0 Å². The molecule has 0 aliphatic carbocycles.